The van der Waals surface area contributed by atoms with E-state index >= 15 is 0 Å². The van der Waals surface area contributed by atoms with Crippen LogP contribution in [-0.2, 0) is 4.79 Å². The number of hydrogen-bond donors (Lipinski definition) is 1. The number of benzene rings is 1. The number of carboxylic acids is 1. The average Bonchev–Trinajstić information content (AvgIpc) is 2.64. The lowest BCUT2D eigenvalue weighted by Crippen LogP contribution is -2.00. The Morgan fingerprint density at radius 3 is 2.65 bits per heavy atom. The summed E-state index contributed by atoms with van der Waals surface area (Å²) in [7, 11) is 0. The summed E-state index contributed by atoms with van der Waals surface area (Å²) < 4.78 is 2.57. The molecule has 1 heterocycles. The quantitative estimate of drug-likeness (QED) is 0.847. The van der Waals surface area contributed by atoms with Crippen molar-refractivity contribution in [2.75, 3.05) is 0 Å². The minimum atomic E-state index is -0.976. The average molecular weight is 356 g/mol. The molecule has 2 rings (SSSR count). The molecule has 1 aromatic carbocycles. The van der Waals surface area contributed by atoms with Crippen LogP contribution in [0.2, 0.25) is 5.02 Å². The predicted octanol–water partition coefficient (Wildman–Crippen LogP) is 4.00. The Labute approximate surface area is 129 Å². The largest absolute Gasteiger partial charge is 0.478 e. The van der Waals surface area contributed by atoms with E-state index < -0.39 is 5.97 Å². The van der Waals surface area contributed by atoms with Gasteiger partial charge in [0, 0.05) is 10.5 Å². The standard InChI is InChI=1S/C14H12BrClN2O2/c1-8-14(16)9(2)18(17-8)12-5-3-10(7-11(12)15)4-6-13(19)20/h3-7H,1-2H3,(H,19,20)/b6-4+. The van der Waals surface area contributed by atoms with Crippen LogP contribution in [0.5, 0.6) is 0 Å². The summed E-state index contributed by atoms with van der Waals surface area (Å²) in [6, 6.07) is 5.52. The van der Waals surface area contributed by atoms with Crippen molar-refractivity contribution in [3.63, 3.8) is 0 Å². The maximum Gasteiger partial charge on any atom is 0.328 e. The molecule has 0 saturated carbocycles. The maximum absolute atomic E-state index is 10.5. The predicted molar refractivity (Wildman–Crippen MR) is 82.4 cm³/mol. The minimum absolute atomic E-state index is 0.645. The van der Waals surface area contributed by atoms with Crippen molar-refractivity contribution in [3.8, 4) is 5.69 Å². The topological polar surface area (TPSA) is 55.1 Å². The fourth-order valence-electron chi connectivity index (χ4n) is 1.82. The van der Waals surface area contributed by atoms with Crippen LogP contribution in [0.1, 0.15) is 17.0 Å². The van der Waals surface area contributed by atoms with Crippen LogP contribution in [0.25, 0.3) is 11.8 Å². The van der Waals surface area contributed by atoms with E-state index in [9.17, 15) is 4.79 Å². The number of aliphatic carboxylic acids is 1. The van der Waals surface area contributed by atoms with Gasteiger partial charge in [-0.25, -0.2) is 9.48 Å². The van der Waals surface area contributed by atoms with Gasteiger partial charge < -0.3 is 5.11 Å². The number of rotatable bonds is 3. The van der Waals surface area contributed by atoms with Crippen LogP contribution in [0.4, 0.5) is 0 Å². The molecule has 0 fully saturated rings. The molecule has 2 aromatic rings. The Bertz CT molecular complexity index is 707. The van der Waals surface area contributed by atoms with Gasteiger partial charge in [0.05, 0.1) is 22.1 Å². The van der Waals surface area contributed by atoms with E-state index in [0.29, 0.717) is 5.02 Å². The highest BCUT2D eigenvalue weighted by Crippen LogP contribution is 2.27. The number of aromatic nitrogens is 2. The normalized spacial score (nSPS) is 11.2. The highest BCUT2D eigenvalue weighted by Gasteiger charge is 2.12. The second kappa shape index (κ2) is 5.81. The Morgan fingerprint density at radius 1 is 1.45 bits per heavy atom. The molecule has 0 saturated heterocycles. The van der Waals surface area contributed by atoms with Crippen molar-refractivity contribution in [1.82, 2.24) is 9.78 Å². The highest BCUT2D eigenvalue weighted by molar-refractivity contribution is 9.10. The van der Waals surface area contributed by atoms with Crippen LogP contribution in [-0.4, -0.2) is 20.9 Å². The molecule has 0 aliphatic carbocycles. The number of hydrogen-bond acceptors (Lipinski definition) is 2. The molecule has 0 radical (unpaired) electrons. The Balaban J connectivity index is 2.44. The molecule has 0 bridgehead atoms. The number of nitrogens with zero attached hydrogens (tertiary/aromatic N) is 2. The molecule has 104 valence electrons. The number of halogens is 2. The molecular formula is C14H12BrClN2O2. The fourth-order valence-corrected chi connectivity index (χ4v) is 2.51. The molecule has 0 unspecified atom stereocenters. The maximum atomic E-state index is 10.5. The van der Waals surface area contributed by atoms with Gasteiger partial charge in [0.25, 0.3) is 0 Å². The van der Waals surface area contributed by atoms with Gasteiger partial charge in [0.15, 0.2) is 0 Å². The number of carboxylic acid groups (broad SMARTS) is 1. The number of aryl methyl sites for hydroxylation is 1. The third kappa shape index (κ3) is 2.94. The monoisotopic (exact) mass is 354 g/mol. The van der Waals surface area contributed by atoms with Crippen LogP contribution in [0.3, 0.4) is 0 Å². The molecule has 6 heteroatoms. The van der Waals surface area contributed by atoms with Crippen LogP contribution < -0.4 is 0 Å². The number of carbonyl (C=O) groups is 1. The first kappa shape index (κ1) is 14.8. The smallest absolute Gasteiger partial charge is 0.328 e. The van der Waals surface area contributed by atoms with Gasteiger partial charge in [-0.05, 0) is 53.5 Å². The summed E-state index contributed by atoms with van der Waals surface area (Å²) in [6.07, 6.45) is 2.63. The second-order valence-electron chi connectivity index (χ2n) is 4.28. The first-order valence-corrected chi connectivity index (χ1v) is 7.00. The Morgan fingerprint density at radius 2 is 2.15 bits per heavy atom. The Hall–Kier alpha value is -1.59. The molecule has 1 aromatic heterocycles. The molecule has 0 aliphatic rings. The summed E-state index contributed by atoms with van der Waals surface area (Å²) in [5.41, 5.74) is 3.27. The van der Waals surface area contributed by atoms with Gasteiger partial charge in [-0.2, -0.15) is 5.10 Å². The summed E-state index contributed by atoms with van der Waals surface area (Å²) in [6.45, 7) is 3.75. The summed E-state index contributed by atoms with van der Waals surface area (Å²) in [5, 5.41) is 13.7. The summed E-state index contributed by atoms with van der Waals surface area (Å²) in [4.78, 5) is 10.5. The van der Waals surface area contributed by atoms with Gasteiger partial charge >= 0.3 is 5.97 Å². The SMILES string of the molecule is Cc1nn(-c2ccc(/C=C/C(=O)O)cc2Br)c(C)c1Cl. The van der Waals surface area contributed by atoms with Crippen LogP contribution in [0, 0.1) is 13.8 Å². The van der Waals surface area contributed by atoms with Crippen molar-refractivity contribution in [2.24, 2.45) is 0 Å². The van der Waals surface area contributed by atoms with Gasteiger partial charge in [-0.1, -0.05) is 17.7 Å². The lowest BCUT2D eigenvalue weighted by molar-refractivity contribution is -0.131. The lowest BCUT2D eigenvalue weighted by atomic mass is 10.2. The van der Waals surface area contributed by atoms with Gasteiger partial charge in [-0.15, -0.1) is 0 Å². The van der Waals surface area contributed by atoms with Gasteiger partial charge in [0.2, 0.25) is 0 Å². The van der Waals surface area contributed by atoms with E-state index in [1.807, 2.05) is 32.0 Å². The van der Waals surface area contributed by atoms with Gasteiger partial charge in [0.1, 0.15) is 0 Å². The molecule has 0 spiro atoms. The van der Waals surface area contributed by atoms with Crippen molar-refractivity contribution < 1.29 is 9.90 Å². The fraction of sp³-hybridized carbons (Fsp3) is 0.143. The van der Waals surface area contributed by atoms with E-state index in [1.165, 1.54) is 6.08 Å². The molecule has 1 N–H and O–H groups in total. The van der Waals surface area contributed by atoms with Crippen LogP contribution in [0.15, 0.2) is 28.7 Å². The molecule has 0 amide bonds. The van der Waals surface area contributed by atoms with Crippen LogP contribution >= 0.6 is 27.5 Å². The van der Waals surface area contributed by atoms with Gasteiger partial charge in [-0.3, -0.25) is 0 Å². The zero-order chi connectivity index (χ0) is 14.9. The third-order valence-electron chi connectivity index (χ3n) is 2.82. The lowest BCUT2D eigenvalue weighted by Gasteiger charge is -2.08. The first-order valence-electron chi connectivity index (χ1n) is 5.83. The zero-order valence-electron chi connectivity index (χ0n) is 10.9. The third-order valence-corrected chi connectivity index (χ3v) is 4.00. The van der Waals surface area contributed by atoms with E-state index in [4.69, 9.17) is 16.7 Å². The first-order chi connectivity index (χ1) is 9.40. The highest BCUT2D eigenvalue weighted by atomic mass is 79.9. The molecule has 0 aliphatic heterocycles. The molecule has 0 atom stereocenters. The zero-order valence-corrected chi connectivity index (χ0v) is 13.2. The van der Waals surface area contributed by atoms with Crippen molar-refractivity contribution in [3.05, 3.63) is 50.7 Å². The van der Waals surface area contributed by atoms with E-state index in [0.717, 1.165) is 33.2 Å². The molecule has 20 heavy (non-hydrogen) atoms. The Kier molecular flexibility index (Phi) is 4.30. The van der Waals surface area contributed by atoms with Crippen molar-refractivity contribution >= 4 is 39.6 Å². The van der Waals surface area contributed by atoms with E-state index in [2.05, 4.69) is 21.0 Å². The summed E-state index contributed by atoms with van der Waals surface area (Å²) >= 11 is 9.61. The summed E-state index contributed by atoms with van der Waals surface area (Å²) in [5.74, 6) is -0.976. The minimum Gasteiger partial charge on any atom is -0.478 e. The van der Waals surface area contributed by atoms with E-state index in [-0.39, 0.29) is 0 Å². The van der Waals surface area contributed by atoms with Crippen molar-refractivity contribution in [1.29, 1.82) is 0 Å². The molecule has 4 nitrogen and oxygen atoms in total. The second-order valence-corrected chi connectivity index (χ2v) is 5.51. The molecular weight excluding hydrogens is 344 g/mol. The van der Waals surface area contributed by atoms with Crippen molar-refractivity contribution in [2.45, 2.75) is 13.8 Å². The van der Waals surface area contributed by atoms with E-state index in [1.54, 1.807) is 4.68 Å².